The number of thioether (sulfide) groups is 1. The van der Waals surface area contributed by atoms with E-state index < -0.39 is 0 Å². The number of amidine groups is 1. The molecule has 1 unspecified atom stereocenters. The van der Waals surface area contributed by atoms with E-state index in [4.69, 9.17) is 21.3 Å². The summed E-state index contributed by atoms with van der Waals surface area (Å²) in [6.45, 7) is 4.38. The van der Waals surface area contributed by atoms with Crippen LogP contribution in [0.4, 0.5) is 5.69 Å². The molecule has 0 fully saturated rings. The highest BCUT2D eigenvalue weighted by atomic mass is 35.5. The SMILES string of the molecule is CCC1(C)CCSC(Nc2cc(Cl)ccc2OC)=N1. The van der Waals surface area contributed by atoms with Crippen LogP contribution in [-0.4, -0.2) is 23.6 Å². The standard InChI is InChI=1S/C14H19ClN2OS/c1-4-14(2)7-8-19-13(17-14)16-11-9-10(15)5-6-12(11)18-3/h5-6,9H,4,7-8H2,1-3H3,(H,16,17). The molecule has 1 aliphatic rings. The van der Waals surface area contributed by atoms with Crippen LogP contribution >= 0.6 is 23.4 Å². The van der Waals surface area contributed by atoms with E-state index in [1.165, 1.54) is 0 Å². The van der Waals surface area contributed by atoms with Crippen molar-refractivity contribution in [3.05, 3.63) is 23.2 Å². The molecule has 1 aromatic carbocycles. The fraction of sp³-hybridized carbons (Fsp3) is 0.500. The molecule has 19 heavy (non-hydrogen) atoms. The smallest absolute Gasteiger partial charge is 0.161 e. The number of anilines is 1. The average molecular weight is 299 g/mol. The molecule has 1 heterocycles. The number of aliphatic imine (C=N–C) groups is 1. The van der Waals surface area contributed by atoms with Crippen LogP contribution in [0.3, 0.4) is 0 Å². The predicted molar refractivity (Wildman–Crippen MR) is 84.8 cm³/mol. The zero-order valence-corrected chi connectivity index (χ0v) is 13.1. The number of halogens is 1. The minimum absolute atomic E-state index is 0.0411. The maximum absolute atomic E-state index is 6.03. The van der Waals surface area contributed by atoms with Crippen molar-refractivity contribution in [2.75, 3.05) is 18.2 Å². The molecule has 0 spiro atoms. The van der Waals surface area contributed by atoms with Gasteiger partial charge in [0.15, 0.2) is 5.17 Å². The van der Waals surface area contributed by atoms with E-state index in [1.54, 1.807) is 18.9 Å². The summed E-state index contributed by atoms with van der Waals surface area (Å²) in [7, 11) is 1.65. The number of ether oxygens (including phenoxy) is 1. The quantitative estimate of drug-likeness (QED) is 0.896. The van der Waals surface area contributed by atoms with E-state index in [9.17, 15) is 0 Å². The second-order valence-electron chi connectivity index (χ2n) is 4.84. The van der Waals surface area contributed by atoms with Gasteiger partial charge < -0.3 is 10.1 Å². The first kappa shape index (κ1) is 14.5. The summed E-state index contributed by atoms with van der Waals surface area (Å²) in [5.74, 6) is 1.86. The molecule has 1 aromatic rings. The fourth-order valence-electron chi connectivity index (χ4n) is 1.91. The van der Waals surface area contributed by atoms with Gasteiger partial charge in [-0.05, 0) is 38.0 Å². The summed E-state index contributed by atoms with van der Waals surface area (Å²) in [5, 5.41) is 4.96. The topological polar surface area (TPSA) is 33.6 Å². The van der Waals surface area contributed by atoms with Crippen molar-refractivity contribution in [3.63, 3.8) is 0 Å². The number of nitrogens with zero attached hydrogens (tertiary/aromatic N) is 1. The van der Waals surface area contributed by atoms with Crippen LogP contribution in [0.15, 0.2) is 23.2 Å². The van der Waals surface area contributed by atoms with Crippen molar-refractivity contribution < 1.29 is 4.74 Å². The van der Waals surface area contributed by atoms with Crippen LogP contribution in [0.5, 0.6) is 5.75 Å². The zero-order valence-electron chi connectivity index (χ0n) is 11.5. The highest BCUT2D eigenvalue weighted by Crippen LogP contribution is 2.33. The minimum Gasteiger partial charge on any atom is -0.495 e. The van der Waals surface area contributed by atoms with Gasteiger partial charge in [-0.25, -0.2) is 0 Å². The Balaban J connectivity index is 2.23. The van der Waals surface area contributed by atoms with Crippen molar-refractivity contribution >= 4 is 34.2 Å². The average Bonchev–Trinajstić information content (AvgIpc) is 2.39. The lowest BCUT2D eigenvalue weighted by atomic mass is 9.97. The van der Waals surface area contributed by atoms with Gasteiger partial charge in [-0.3, -0.25) is 4.99 Å². The maximum Gasteiger partial charge on any atom is 0.161 e. The summed E-state index contributed by atoms with van der Waals surface area (Å²) in [4.78, 5) is 4.80. The first-order chi connectivity index (χ1) is 9.06. The van der Waals surface area contributed by atoms with E-state index >= 15 is 0 Å². The Hall–Kier alpha value is -0.870. The van der Waals surface area contributed by atoms with Gasteiger partial charge in [0.2, 0.25) is 0 Å². The second kappa shape index (κ2) is 6.06. The Morgan fingerprint density at radius 3 is 3.00 bits per heavy atom. The summed E-state index contributed by atoms with van der Waals surface area (Å²) in [6, 6.07) is 5.54. The molecule has 1 N–H and O–H groups in total. The van der Waals surface area contributed by atoms with Crippen LogP contribution in [0, 0.1) is 0 Å². The van der Waals surface area contributed by atoms with Crippen LogP contribution in [0.1, 0.15) is 26.7 Å². The fourth-order valence-corrected chi connectivity index (χ4v) is 3.29. The minimum atomic E-state index is 0.0411. The molecule has 1 atom stereocenters. The number of rotatable bonds is 3. The highest BCUT2D eigenvalue weighted by molar-refractivity contribution is 8.14. The van der Waals surface area contributed by atoms with Crippen molar-refractivity contribution in [1.82, 2.24) is 0 Å². The van der Waals surface area contributed by atoms with Gasteiger partial charge in [-0.1, -0.05) is 30.3 Å². The maximum atomic E-state index is 6.03. The zero-order chi connectivity index (χ0) is 13.9. The van der Waals surface area contributed by atoms with Gasteiger partial charge in [-0.15, -0.1) is 0 Å². The summed E-state index contributed by atoms with van der Waals surface area (Å²) >= 11 is 7.77. The lowest BCUT2D eigenvalue weighted by Gasteiger charge is -2.29. The molecule has 3 nitrogen and oxygen atoms in total. The normalized spacial score (nSPS) is 22.8. The summed E-state index contributed by atoms with van der Waals surface area (Å²) < 4.78 is 5.33. The third-order valence-electron chi connectivity index (χ3n) is 3.42. The Labute approximate surface area is 123 Å². The Morgan fingerprint density at radius 2 is 2.32 bits per heavy atom. The van der Waals surface area contributed by atoms with Crippen molar-refractivity contribution in [1.29, 1.82) is 0 Å². The molecule has 0 amide bonds. The van der Waals surface area contributed by atoms with Crippen LogP contribution in [0.25, 0.3) is 0 Å². The molecule has 0 aromatic heterocycles. The molecule has 1 aliphatic heterocycles. The van der Waals surface area contributed by atoms with E-state index in [1.807, 2.05) is 18.2 Å². The molecular formula is C14H19ClN2OS. The third kappa shape index (κ3) is 3.57. The molecule has 5 heteroatoms. The molecular weight excluding hydrogens is 280 g/mol. The largest absolute Gasteiger partial charge is 0.495 e. The lowest BCUT2D eigenvalue weighted by Crippen LogP contribution is -2.29. The van der Waals surface area contributed by atoms with Gasteiger partial charge in [0.05, 0.1) is 18.3 Å². The Kier molecular flexibility index (Phi) is 4.63. The molecule has 0 bridgehead atoms. The van der Waals surface area contributed by atoms with E-state index in [0.717, 1.165) is 35.2 Å². The molecule has 0 aliphatic carbocycles. The summed E-state index contributed by atoms with van der Waals surface area (Å²) in [6.07, 6.45) is 2.16. The van der Waals surface area contributed by atoms with Gasteiger partial charge >= 0.3 is 0 Å². The highest BCUT2D eigenvalue weighted by Gasteiger charge is 2.26. The van der Waals surface area contributed by atoms with Crippen LogP contribution in [0.2, 0.25) is 5.02 Å². The Morgan fingerprint density at radius 1 is 1.53 bits per heavy atom. The monoisotopic (exact) mass is 298 g/mol. The van der Waals surface area contributed by atoms with E-state index in [-0.39, 0.29) is 5.54 Å². The van der Waals surface area contributed by atoms with Gasteiger partial charge in [0.25, 0.3) is 0 Å². The van der Waals surface area contributed by atoms with Gasteiger partial charge in [0, 0.05) is 10.8 Å². The Bertz CT molecular complexity index is 492. The number of hydrogen-bond donors (Lipinski definition) is 1. The van der Waals surface area contributed by atoms with Crippen molar-refractivity contribution in [2.45, 2.75) is 32.2 Å². The summed E-state index contributed by atoms with van der Waals surface area (Å²) in [5.41, 5.74) is 0.904. The number of nitrogens with one attached hydrogen (secondary N) is 1. The molecule has 0 radical (unpaired) electrons. The number of benzene rings is 1. The second-order valence-corrected chi connectivity index (χ2v) is 6.36. The van der Waals surface area contributed by atoms with Gasteiger partial charge in [0.1, 0.15) is 5.75 Å². The third-order valence-corrected chi connectivity index (χ3v) is 4.53. The molecule has 0 saturated heterocycles. The lowest BCUT2D eigenvalue weighted by molar-refractivity contribution is 0.417. The van der Waals surface area contributed by atoms with E-state index in [0.29, 0.717) is 5.02 Å². The first-order valence-electron chi connectivity index (χ1n) is 6.39. The first-order valence-corrected chi connectivity index (χ1v) is 7.76. The number of methoxy groups -OCH3 is 1. The molecule has 104 valence electrons. The number of hydrogen-bond acceptors (Lipinski definition) is 4. The van der Waals surface area contributed by atoms with Crippen LogP contribution < -0.4 is 10.1 Å². The predicted octanol–water partition coefficient (Wildman–Crippen LogP) is 4.42. The molecule has 2 rings (SSSR count). The van der Waals surface area contributed by atoms with E-state index in [2.05, 4.69) is 19.2 Å². The van der Waals surface area contributed by atoms with Crippen molar-refractivity contribution in [2.24, 2.45) is 4.99 Å². The molecule has 0 saturated carbocycles. The van der Waals surface area contributed by atoms with Crippen molar-refractivity contribution in [3.8, 4) is 5.75 Å². The van der Waals surface area contributed by atoms with Crippen LogP contribution in [-0.2, 0) is 0 Å². The van der Waals surface area contributed by atoms with Gasteiger partial charge in [-0.2, -0.15) is 0 Å².